The molecule has 1 heterocycles. The predicted octanol–water partition coefficient (Wildman–Crippen LogP) is 1.75. The molecule has 1 fully saturated rings. The van der Waals surface area contributed by atoms with Gasteiger partial charge in [0.1, 0.15) is 0 Å². The van der Waals surface area contributed by atoms with Gasteiger partial charge in [0.15, 0.2) is 0 Å². The van der Waals surface area contributed by atoms with Crippen LogP contribution in [0.3, 0.4) is 0 Å². The molecule has 0 aromatic heterocycles. The third kappa shape index (κ3) is 4.27. The molecule has 1 N–H and O–H groups in total. The van der Waals surface area contributed by atoms with Gasteiger partial charge in [0.25, 0.3) is 5.69 Å². The van der Waals surface area contributed by atoms with Crippen LogP contribution in [0.1, 0.15) is 5.56 Å². The van der Waals surface area contributed by atoms with Gasteiger partial charge in [0.05, 0.1) is 10.8 Å². The van der Waals surface area contributed by atoms with Crippen molar-refractivity contribution >= 4 is 24.0 Å². The molecule has 0 bridgehead atoms. The van der Waals surface area contributed by atoms with Crippen molar-refractivity contribution in [3.8, 4) is 0 Å². The first-order valence-electron chi connectivity index (χ1n) is 6.45. The van der Waals surface area contributed by atoms with Crippen molar-refractivity contribution in [1.29, 1.82) is 0 Å². The molecular weight excluding hydrogens is 294 g/mol. The second-order valence-corrected chi connectivity index (χ2v) is 4.79. The Hall–Kier alpha value is -1.92. The Morgan fingerprint density at radius 1 is 1.52 bits per heavy atom. The third-order valence-electron chi connectivity index (χ3n) is 3.29. The summed E-state index contributed by atoms with van der Waals surface area (Å²) in [4.78, 5) is 24.3. The fourth-order valence-corrected chi connectivity index (χ4v) is 2.10. The maximum absolute atomic E-state index is 12.2. The maximum Gasteiger partial charge on any atom is 0.269 e. The van der Waals surface area contributed by atoms with Crippen molar-refractivity contribution in [2.24, 2.45) is 5.92 Å². The Morgan fingerprint density at radius 2 is 2.24 bits per heavy atom. The summed E-state index contributed by atoms with van der Waals surface area (Å²) < 4.78 is 0. The zero-order valence-corrected chi connectivity index (χ0v) is 12.3. The van der Waals surface area contributed by atoms with Crippen molar-refractivity contribution < 1.29 is 9.72 Å². The fraction of sp³-hybridized carbons (Fsp3) is 0.357. The third-order valence-corrected chi connectivity index (χ3v) is 3.29. The van der Waals surface area contributed by atoms with Gasteiger partial charge in [-0.1, -0.05) is 18.2 Å². The SMILES string of the molecule is C=CCN(Cc1cccc([N+](=O)[O-])c1)C(=O)C1CNC1.Cl. The van der Waals surface area contributed by atoms with Crippen LogP contribution < -0.4 is 5.32 Å². The van der Waals surface area contributed by atoms with Gasteiger partial charge in [-0.25, -0.2) is 0 Å². The first-order valence-corrected chi connectivity index (χ1v) is 6.45. The van der Waals surface area contributed by atoms with E-state index >= 15 is 0 Å². The van der Waals surface area contributed by atoms with Crippen molar-refractivity contribution in [3.63, 3.8) is 0 Å². The van der Waals surface area contributed by atoms with Gasteiger partial charge >= 0.3 is 0 Å². The maximum atomic E-state index is 12.2. The molecule has 1 aliphatic heterocycles. The molecule has 0 atom stereocenters. The number of non-ortho nitro benzene ring substituents is 1. The minimum absolute atomic E-state index is 0. The number of nitro benzene ring substituents is 1. The second kappa shape index (κ2) is 7.75. The highest BCUT2D eigenvalue weighted by molar-refractivity contribution is 5.85. The largest absolute Gasteiger partial charge is 0.334 e. The van der Waals surface area contributed by atoms with Crippen LogP contribution in [-0.4, -0.2) is 35.4 Å². The number of nitrogens with one attached hydrogen (secondary N) is 1. The predicted molar refractivity (Wildman–Crippen MR) is 82.3 cm³/mol. The highest BCUT2D eigenvalue weighted by Gasteiger charge is 2.28. The van der Waals surface area contributed by atoms with E-state index in [1.54, 1.807) is 23.1 Å². The second-order valence-electron chi connectivity index (χ2n) is 4.79. The number of hydrogen-bond acceptors (Lipinski definition) is 4. The lowest BCUT2D eigenvalue weighted by Crippen LogP contribution is -2.51. The lowest BCUT2D eigenvalue weighted by Gasteiger charge is -2.32. The number of halogens is 1. The van der Waals surface area contributed by atoms with Crippen LogP contribution >= 0.6 is 12.4 Å². The molecular formula is C14H18ClN3O3. The summed E-state index contributed by atoms with van der Waals surface area (Å²) in [5.74, 6) is 0.0730. The summed E-state index contributed by atoms with van der Waals surface area (Å²) in [5, 5.41) is 13.8. The number of carbonyl (C=O) groups excluding carboxylic acids is 1. The van der Waals surface area contributed by atoms with E-state index < -0.39 is 4.92 Å². The van der Waals surface area contributed by atoms with E-state index in [9.17, 15) is 14.9 Å². The monoisotopic (exact) mass is 311 g/mol. The number of nitro groups is 1. The van der Waals surface area contributed by atoms with Crippen LogP contribution in [0.4, 0.5) is 5.69 Å². The van der Waals surface area contributed by atoms with Gasteiger partial charge in [-0.3, -0.25) is 14.9 Å². The van der Waals surface area contributed by atoms with Crippen LogP contribution in [0.25, 0.3) is 0 Å². The van der Waals surface area contributed by atoms with E-state index in [4.69, 9.17) is 0 Å². The Morgan fingerprint density at radius 3 is 2.76 bits per heavy atom. The van der Waals surface area contributed by atoms with Crippen molar-refractivity contribution in [1.82, 2.24) is 10.2 Å². The summed E-state index contributed by atoms with van der Waals surface area (Å²) in [5.41, 5.74) is 0.792. The first-order chi connectivity index (χ1) is 9.61. The summed E-state index contributed by atoms with van der Waals surface area (Å²) in [6, 6.07) is 6.37. The van der Waals surface area contributed by atoms with Crippen LogP contribution in [0.2, 0.25) is 0 Å². The molecule has 1 amide bonds. The van der Waals surface area contributed by atoms with Gasteiger partial charge in [-0.05, 0) is 5.56 Å². The summed E-state index contributed by atoms with van der Waals surface area (Å²) in [7, 11) is 0. The summed E-state index contributed by atoms with van der Waals surface area (Å²) in [6.07, 6.45) is 1.67. The first kappa shape index (κ1) is 17.1. The molecule has 0 aliphatic carbocycles. The summed E-state index contributed by atoms with van der Waals surface area (Å²) >= 11 is 0. The number of carbonyl (C=O) groups is 1. The number of benzene rings is 1. The van der Waals surface area contributed by atoms with E-state index in [-0.39, 0.29) is 29.9 Å². The molecule has 1 aromatic carbocycles. The van der Waals surface area contributed by atoms with Crippen LogP contribution in [0.5, 0.6) is 0 Å². The van der Waals surface area contributed by atoms with Gasteiger partial charge in [0, 0.05) is 38.3 Å². The van der Waals surface area contributed by atoms with Gasteiger partial charge < -0.3 is 10.2 Å². The molecule has 0 spiro atoms. The molecule has 0 unspecified atom stereocenters. The number of nitrogens with zero attached hydrogens (tertiary/aromatic N) is 2. The zero-order valence-electron chi connectivity index (χ0n) is 11.5. The van der Waals surface area contributed by atoms with E-state index in [0.717, 1.165) is 5.56 Å². The average molecular weight is 312 g/mol. The normalized spacial score (nSPS) is 13.7. The van der Waals surface area contributed by atoms with E-state index in [0.29, 0.717) is 26.2 Å². The molecule has 1 saturated heterocycles. The Labute approximate surface area is 129 Å². The molecule has 2 rings (SSSR count). The van der Waals surface area contributed by atoms with E-state index in [2.05, 4.69) is 11.9 Å². The van der Waals surface area contributed by atoms with Crippen LogP contribution in [0, 0.1) is 16.0 Å². The van der Waals surface area contributed by atoms with Gasteiger partial charge in [-0.15, -0.1) is 19.0 Å². The van der Waals surface area contributed by atoms with Gasteiger partial charge in [-0.2, -0.15) is 0 Å². The number of hydrogen-bond donors (Lipinski definition) is 1. The molecule has 1 aromatic rings. The average Bonchev–Trinajstić information content (AvgIpc) is 2.36. The lowest BCUT2D eigenvalue weighted by molar-refractivity contribution is -0.384. The standard InChI is InChI=1S/C14H17N3O3.ClH/c1-2-6-16(14(18)12-8-15-9-12)10-11-4-3-5-13(7-11)17(19)20;/h2-5,7,12,15H,1,6,8-10H2;1H. The highest BCUT2D eigenvalue weighted by Crippen LogP contribution is 2.17. The van der Waals surface area contributed by atoms with E-state index in [1.807, 2.05) is 0 Å². The highest BCUT2D eigenvalue weighted by atomic mass is 35.5. The smallest absolute Gasteiger partial charge is 0.269 e. The lowest BCUT2D eigenvalue weighted by atomic mass is 10.0. The Balaban J connectivity index is 0.00000220. The number of amides is 1. The van der Waals surface area contributed by atoms with Crippen molar-refractivity contribution in [3.05, 3.63) is 52.6 Å². The molecule has 0 saturated carbocycles. The van der Waals surface area contributed by atoms with E-state index in [1.165, 1.54) is 12.1 Å². The molecule has 0 radical (unpaired) electrons. The van der Waals surface area contributed by atoms with Crippen LogP contribution in [-0.2, 0) is 11.3 Å². The molecule has 21 heavy (non-hydrogen) atoms. The van der Waals surface area contributed by atoms with Crippen LogP contribution in [0.15, 0.2) is 36.9 Å². The van der Waals surface area contributed by atoms with Crippen molar-refractivity contribution in [2.45, 2.75) is 6.54 Å². The molecule has 6 nitrogen and oxygen atoms in total. The minimum Gasteiger partial charge on any atom is -0.334 e. The topological polar surface area (TPSA) is 75.5 Å². The Kier molecular flexibility index (Phi) is 6.33. The quantitative estimate of drug-likeness (QED) is 0.493. The Bertz CT molecular complexity index is 532. The summed E-state index contributed by atoms with van der Waals surface area (Å²) in [6.45, 7) is 5.85. The number of rotatable bonds is 6. The fourth-order valence-electron chi connectivity index (χ4n) is 2.10. The van der Waals surface area contributed by atoms with Crippen molar-refractivity contribution in [2.75, 3.05) is 19.6 Å². The molecule has 114 valence electrons. The van der Waals surface area contributed by atoms with Gasteiger partial charge in [0.2, 0.25) is 5.91 Å². The molecule has 7 heteroatoms. The molecule has 1 aliphatic rings. The minimum atomic E-state index is -0.432. The zero-order chi connectivity index (χ0) is 14.5.